The predicted molar refractivity (Wildman–Crippen MR) is 73.0 cm³/mol. The molecule has 4 heteroatoms. The number of hydrogen-bond donors (Lipinski definition) is 0. The third-order valence-corrected chi connectivity index (χ3v) is 3.36. The Labute approximate surface area is 113 Å². The van der Waals surface area contributed by atoms with E-state index in [1.165, 1.54) is 0 Å². The van der Waals surface area contributed by atoms with Gasteiger partial charge in [0, 0.05) is 23.8 Å². The van der Waals surface area contributed by atoms with Gasteiger partial charge in [-0.15, -0.1) is 0 Å². The number of amides is 1. The summed E-state index contributed by atoms with van der Waals surface area (Å²) in [6.07, 6.45) is 4.04. The molecule has 1 saturated carbocycles. The lowest BCUT2D eigenvalue weighted by Gasteiger charge is -2.22. The fourth-order valence-corrected chi connectivity index (χ4v) is 2.32. The standard InChI is InChI=1S/C14H19ClN2O/c1-3-7-17(12-5-6-12)14(18)10-8-11(4-2)16-13(15)9-10/h8-9,12H,3-7H2,1-2H3. The van der Waals surface area contributed by atoms with Crippen molar-refractivity contribution < 1.29 is 4.79 Å². The van der Waals surface area contributed by atoms with Crippen LogP contribution >= 0.6 is 11.6 Å². The first-order chi connectivity index (χ1) is 8.65. The van der Waals surface area contributed by atoms with Crippen LogP contribution in [0.15, 0.2) is 12.1 Å². The van der Waals surface area contributed by atoms with Gasteiger partial charge in [-0.05, 0) is 37.8 Å². The van der Waals surface area contributed by atoms with Crippen molar-refractivity contribution in [2.45, 2.75) is 45.6 Å². The fraction of sp³-hybridized carbons (Fsp3) is 0.571. The Morgan fingerprint density at radius 2 is 2.17 bits per heavy atom. The van der Waals surface area contributed by atoms with E-state index < -0.39 is 0 Å². The van der Waals surface area contributed by atoms with Gasteiger partial charge in [-0.25, -0.2) is 4.98 Å². The van der Waals surface area contributed by atoms with E-state index in [1.54, 1.807) is 6.07 Å². The minimum absolute atomic E-state index is 0.0957. The Kier molecular flexibility index (Phi) is 4.23. The molecule has 0 N–H and O–H groups in total. The second-order valence-electron chi connectivity index (χ2n) is 4.75. The van der Waals surface area contributed by atoms with Gasteiger partial charge in [-0.1, -0.05) is 25.4 Å². The molecule has 1 aromatic rings. The van der Waals surface area contributed by atoms with Crippen LogP contribution < -0.4 is 0 Å². The second-order valence-corrected chi connectivity index (χ2v) is 5.14. The molecule has 1 amide bonds. The number of aryl methyl sites for hydroxylation is 1. The number of hydrogen-bond acceptors (Lipinski definition) is 2. The molecular formula is C14H19ClN2O. The Morgan fingerprint density at radius 1 is 1.44 bits per heavy atom. The van der Waals surface area contributed by atoms with Gasteiger partial charge in [0.25, 0.3) is 5.91 Å². The summed E-state index contributed by atoms with van der Waals surface area (Å²) in [6, 6.07) is 3.97. The van der Waals surface area contributed by atoms with Crippen LogP contribution in [0.4, 0.5) is 0 Å². The van der Waals surface area contributed by atoms with Crippen molar-refractivity contribution in [1.29, 1.82) is 0 Å². The van der Waals surface area contributed by atoms with Crippen molar-refractivity contribution in [2.24, 2.45) is 0 Å². The first-order valence-electron chi connectivity index (χ1n) is 6.63. The number of carbonyl (C=O) groups is 1. The van der Waals surface area contributed by atoms with Crippen LogP contribution in [0.5, 0.6) is 0 Å². The summed E-state index contributed by atoms with van der Waals surface area (Å²) in [5.41, 5.74) is 1.55. The van der Waals surface area contributed by atoms with E-state index in [2.05, 4.69) is 11.9 Å². The van der Waals surface area contributed by atoms with Gasteiger partial charge in [0.1, 0.15) is 5.15 Å². The van der Waals surface area contributed by atoms with E-state index in [-0.39, 0.29) is 5.91 Å². The summed E-state index contributed by atoms with van der Waals surface area (Å²) in [6.45, 7) is 4.93. The van der Waals surface area contributed by atoms with E-state index in [1.807, 2.05) is 17.9 Å². The SMILES string of the molecule is CCCN(C(=O)c1cc(Cl)nc(CC)c1)C1CC1. The van der Waals surface area contributed by atoms with Crippen molar-refractivity contribution in [3.63, 3.8) is 0 Å². The first kappa shape index (κ1) is 13.3. The summed E-state index contributed by atoms with van der Waals surface area (Å²) in [5, 5.41) is 0.407. The molecule has 98 valence electrons. The van der Waals surface area contributed by atoms with E-state index in [0.717, 1.165) is 37.9 Å². The zero-order valence-electron chi connectivity index (χ0n) is 10.9. The zero-order valence-corrected chi connectivity index (χ0v) is 11.7. The summed E-state index contributed by atoms with van der Waals surface area (Å²) in [7, 11) is 0. The predicted octanol–water partition coefficient (Wildman–Crippen LogP) is 3.31. The number of halogens is 1. The maximum absolute atomic E-state index is 12.5. The molecule has 0 aromatic carbocycles. The Bertz CT molecular complexity index is 443. The smallest absolute Gasteiger partial charge is 0.254 e. The van der Waals surface area contributed by atoms with Gasteiger partial charge >= 0.3 is 0 Å². The van der Waals surface area contributed by atoms with Crippen molar-refractivity contribution in [2.75, 3.05) is 6.54 Å². The second kappa shape index (κ2) is 5.70. The summed E-state index contributed by atoms with van der Waals surface area (Å²) >= 11 is 5.97. The molecule has 1 aliphatic carbocycles. The third-order valence-electron chi connectivity index (χ3n) is 3.17. The van der Waals surface area contributed by atoms with E-state index in [4.69, 9.17) is 11.6 Å². The molecule has 0 spiro atoms. The molecule has 0 radical (unpaired) electrons. The highest BCUT2D eigenvalue weighted by Gasteiger charge is 2.32. The molecule has 3 nitrogen and oxygen atoms in total. The molecule has 0 unspecified atom stereocenters. The fourth-order valence-electron chi connectivity index (χ4n) is 2.10. The maximum Gasteiger partial charge on any atom is 0.254 e. The van der Waals surface area contributed by atoms with E-state index in [9.17, 15) is 4.79 Å². The number of carbonyl (C=O) groups excluding carboxylic acids is 1. The Balaban J connectivity index is 2.23. The van der Waals surface area contributed by atoms with Gasteiger partial charge in [0.15, 0.2) is 0 Å². The highest BCUT2D eigenvalue weighted by atomic mass is 35.5. The number of pyridine rings is 1. The maximum atomic E-state index is 12.5. The lowest BCUT2D eigenvalue weighted by molar-refractivity contribution is 0.0743. The Morgan fingerprint density at radius 3 is 2.72 bits per heavy atom. The molecule has 1 aromatic heterocycles. The van der Waals surface area contributed by atoms with Crippen LogP contribution in [0.25, 0.3) is 0 Å². The van der Waals surface area contributed by atoms with Gasteiger partial charge in [0.2, 0.25) is 0 Å². The number of rotatable bonds is 5. The molecule has 0 atom stereocenters. The largest absolute Gasteiger partial charge is 0.336 e. The van der Waals surface area contributed by atoms with Gasteiger partial charge in [-0.2, -0.15) is 0 Å². The first-order valence-corrected chi connectivity index (χ1v) is 7.01. The molecular weight excluding hydrogens is 248 g/mol. The zero-order chi connectivity index (χ0) is 13.1. The average molecular weight is 267 g/mol. The van der Waals surface area contributed by atoms with Crippen LogP contribution in [0.1, 0.15) is 49.2 Å². The molecule has 1 fully saturated rings. The molecule has 1 heterocycles. The van der Waals surface area contributed by atoms with Crippen LogP contribution in [0.3, 0.4) is 0 Å². The molecule has 1 aliphatic rings. The minimum atomic E-state index is 0.0957. The minimum Gasteiger partial charge on any atom is -0.336 e. The molecule has 2 rings (SSSR count). The van der Waals surface area contributed by atoms with Crippen molar-refractivity contribution in [1.82, 2.24) is 9.88 Å². The number of aromatic nitrogens is 1. The normalized spacial score (nSPS) is 14.6. The Hall–Kier alpha value is -1.09. The van der Waals surface area contributed by atoms with Gasteiger partial charge in [0.05, 0.1) is 0 Å². The third kappa shape index (κ3) is 3.02. The highest BCUT2D eigenvalue weighted by Crippen LogP contribution is 2.28. The summed E-state index contributed by atoms with van der Waals surface area (Å²) < 4.78 is 0. The van der Waals surface area contributed by atoms with Crippen molar-refractivity contribution in [3.8, 4) is 0 Å². The van der Waals surface area contributed by atoms with Gasteiger partial charge < -0.3 is 4.90 Å². The lowest BCUT2D eigenvalue weighted by Crippen LogP contribution is -2.33. The quantitative estimate of drug-likeness (QED) is 0.766. The summed E-state index contributed by atoms with van der Waals surface area (Å²) in [4.78, 5) is 18.6. The van der Waals surface area contributed by atoms with E-state index in [0.29, 0.717) is 16.8 Å². The van der Waals surface area contributed by atoms with Crippen LogP contribution in [0, 0.1) is 0 Å². The molecule has 0 saturated heterocycles. The van der Waals surface area contributed by atoms with Crippen molar-refractivity contribution in [3.05, 3.63) is 28.5 Å². The summed E-state index contributed by atoms with van der Waals surface area (Å²) in [5.74, 6) is 0.0957. The molecule has 0 bridgehead atoms. The monoisotopic (exact) mass is 266 g/mol. The van der Waals surface area contributed by atoms with E-state index >= 15 is 0 Å². The van der Waals surface area contributed by atoms with Gasteiger partial charge in [-0.3, -0.25) is 4.79 Å². The number of nitrogens with zero attached hydrogens (tertiary/aromatic N) is 2. The average Bonchev–Trinajstić information content (AvgIpc) is 3.18. The topological polar surface area (TPSA) is 33.2 Å². The van der Waals surface area contributed by atoms with Crippen molar-refractivity contribution >= 4 is 17.5 Å². The van der Waals surface area contributed by atoms with Crippen LogP contribution in [-0.4, -0.2) is 28.4 Å². The lowest BCUT2D eigenvalue weighted by atomic mass is 10.1. The molecule has 0 aliphatic heterocycles. The van der Waals surface area contributed by atoms with Crippen LogP contribution in [-0.2, 0) is 6.42 Å². The highest BCUT2D eigenvalue weighted by molar-refractivity contribution is 6.29. The molecule has 18 heavy (non-hydrogen) atoms. The van der Waals surface area contributed by atoms with Crippen LogP contribution in [0.2, 0.25) is 5.15 Å².